The number of aromatic hydroxyl groups is 1. The van der Waals surface area contributed by atoms with Crippen molar-refractivity contribution < 1.29 is 24.2 Å². The SMILES string of the molecule is COC(=O)C(Cc1ccc(O)cc1)NC(=O)OCCc1ccccc1. The first-order valence-electron chi connectivity index (χ1n) is 7.91. The van der Waals surface area contributed by atoms with Gasteiger partial charge in [0.25, 0.3) is 0 Å². The lowest BCUT2D eigenvalue weighted by Gasteiger charge is -2.16. The fourth-order valence-corrected chi connectivity index (χ4v) is 2.29. The molecule has 1 atom stereocenters. The van der Waals surface area contributed by atoms with E-state index in [4.69, 9.17) is 9.47 Å². The minimum atomic E-state index is -0.862. The lowest BCUT2D eigenvalue weighted by Crippen LogP contribution is -2.43. The molecule has 6 heteroatoms. The summed E-state index contributed by atoms with van der Waals surface area (Å²) in [5.41, 5.74) is 1.83. The monoisotopic (exact) mass is 343 g/mol. The van der Waals surface area contributed by atoms with Crippen LogP contribution >= 0.6 is 0 Å². The van der Waals surface area contributed by atoms with Crippen LogP contribution in [0.4, 0.5) is 4.79 Å². The zero-order chi connectivity index (χ0) is 18.1. The van der Waals surface area contributed by atoms with Crippen molar-refractivity contribution in [3.05, 3.63) is 65.7 Å². The summed E-state index contributed by atoms with van der Waals surface area (Å²) in [4.78, 5) is 23.8. The summed E-state index contributed by atoms with van der Waals surface area (Å²) in [6, 6.07) is 15.2. The van der Waals surface area contributed by atoms with E-state index in [0.29, 0.717) is 6.42 Å². The van der Waals surface area contributed by atoms with Gasteiger partial charge in [-0.15, -0.1) is 0 Å². The summed E-state index contributed by atoms with van der Waals surface area (Å²) in [5.74, 6) is -0.431. The van der Waals surface area contributed by atoms with E-state index < -0.39 is 18.1 Å². The number of phenolic OH excluding ortho intramolecular Hbond substituents is 1. The predicted octanol–water partition coefficient (Wildman–Crippen LogP) is 2.45. The number of benzene rings is 2. The number of amides is 1. The molecule has 2 aromatic rings. The lowest BCUT2D eigenvalue weighted by atomic mass is 10.1. The number of carbonyl (C=O) groups excluding carboxylic acids is 2. The molecule has 2 rings (SSSR count). The van der Waals surface area contributed by atoms with Crippen molar-refractivity contribution >= 4 is 12.1 Å². The average molecular weight is 343 g/mol. The van der Waals surface area contributed by atoms with Crippen molar-refractivity contribution in [2.75, 3.05) is 13.7 Å². The molecule has 1 unspecified atom stereocenters. The number of carbonyl (C=O) groups is 2. The lowest BCUT2D eigenvalue weighted by molar-refractivity contribution is -0.142. The van der Waals surface area contributed by atoms with Gasteiger partial charge in [-0.1, -0.05) is 42.5 Å². The third-order valence-corrected chi connectivity index (χ3v) is 3.62. The first kappa shape index (κ1) is 18.3. The van der Waals surface area contributed by atoms with Crippen LogP contribution in [0.25, 0.3) is 0 Å². The molecule has 0 aliphatic carbocycles. The normalized spacial score (nSPS) is 11.4. The van der Waals surface area contributed by atoms with Gasteiger partial charge in [-0.2, -0.15) is 0 Å². The highest BCUT2D eigenvalue weighted by atomic mass is 16.6. The second-order valence-corrected chi connectivity index (χ2v) is 5.46. The Hall–Kier alpha value is -3.02. The fraction of sp³-hybridized carbons (Fsp3) is 0.263. The highest BCUT2D eigenvalue weighted by Gasteiger charge is 2.22. The van der Waals surface area contributed by atoms with Gasteiger partial charge in [0.2, 0.25) is 0 Å². The molecule has 2 aromatic carbocycles. The molecule has 0 aromatic heterocycles. The van der Waals surface area contributed by atoms with E-state index in [2.05, 4.69) is 5.32 Å². The van der Waals surface area contributed by atoms with Gasteiger partial charge in [0.1, 0.15) is 11.8 Å². The number of esters is 1. The summed E-state index contributed by atoms with van der Waals surface area (Å²) in [7, 11) is 1.26. The van der Waals surface area contributed by atoms with E-state index in [0.717, 1.165) is 11.1 Å². The molecular weight excluding hydrogens is 322 g/mol. The van der Waals surface area contributed by atoms with Gasteiger partial charge in [-0.05, 0) is 23.3 Å². The Bertz CT molecular complexity index is 685. The van der Waals surface area contributed by atoms with Gasteiger partial charge < -0.3 is 19.9 Å². The number of methoxy groups -OCH3 is 1. The van der Waals surface area contributed by atoms with Crippen molar-refractivity contribution in [1.29, 1.82) is 0 Å². The maximum atomic E-state index is 11.9. The minimum absolute atomic E-state index is 0.131. The van der Waals surface area contributed by atoms with E-state index in [1.165, 1.54) is 19.2 Å². The molecule has 25 heavy (non-hydrogen) atoms. The predicted molar refractivity (Wildman–Crippen MR) is 92.2 cm³/mol. The largest absolute Gasteiger partial charge is 0.508 e. The molecule has 0 spiro atoms. The second kappa shape index (κ2) is 9.32. The summed E-state index contributed by atoms with van der Waals surface area (Å²) in [5, 5.41) is 11.8. The van der Waals surface area contributed by atoms with Gasteiger partial charge in [-0.25, -0.2) is 9.59 Å². The number of phenols is 1. The third kappa shape index (κ3) is 6.18. The van der Waals surface area contributed by atoms with Gasteiger partial charge in [0.05, 0.1) is 13.7 Å². The van der Waals surface area contributed by atoms with Crippen molar-refractivity contribution in [1.82, 2.24) is 5.32 Å². The minimum Gasteiger partial charge on any atom is -0.508 e. The molecule has 132 valence electrons. The number of ether oxygens (including phenoxy) is 2. The van der Waals surface area contributed by atoms with Crippen LogP contribution in [-0.2, 0) is 27.1 Å². The van der Waals surface area contributed by atoms with Crippen molar-refractivity contribution in [2.24, 2.45) is 0 Å². The number of alkyl carbamates (subject to hydrolysis) is 1. The highest BCUT2D eigenvalue weighted by molar-refractivity contribution is 5.81. The highest BCUT2D eigenvalue weighted by Crippen LogP contribution is 2.12. The van der Waals surface area contributed by atoms with Crippen LogP contribution in [0.15, 0.2) is 54.6 Å². The molecule has 0 aliphatic rings. The Kier molecular flexibility index (Phi) is 6.83. The maximum Gasteiger partial charge on any atom is 0.407 e. The van der Waals surface area contributed by atoms with Crippen molar-refractivity contribution in [3.63, 3.8) is 0 Å². The van der Waals surface area contributed by atoms with Crippen LogP contribution in [0.1, 0.15) is 11.1 Å². The Balaban J connectivity index is 1.86. The molecule has 6 nitrogen and oxygen atoms in total. The van der Waals surface area contributed by atoms with Crippen LogP contribution in [-0.4, -0.2) is 36.9 Å². The van der Waals surface area contributed by atoms with Crippen LogP contribution < -0.4 is 5.32 Å². The number of hydrogen-bond acceptors (Lipinski definition) is 5. The van der Waals surface area contributed by atoms with E-state index in [-0.39, 0.29) is 18.8 Å². The molecular formula is C19H21NO5. The molecule has 0 aliphatic heterocycles. The molecule has 0 saturated heterocycles. The Labute approximate surface area is 146 Å². The quantitative estimate of drug-likeness (QED) is 0.754. The summed E-state index contributed by atoms with van der Waals surface area (Å²) >= 11 is 0. The first-order valence-corrected chi connectivity index (χ1v) is 7.91. The molecule has 0 radical (unpaired) electrons. The van der Waals surface area contributed by atoms with Gasteiger partial charge >= 0.3 is 12.1 Å². The summed E-state index contributed by atoms with van der Waals surface area (Å²) < 4.78 is 9.85. The second-order valence-electron chi connectivity index (χ2n) is 5.46. The molecule has 0 fully saturated rings. The van der Waals surface area contributed by atoms with Crippen molar-refractivity contribution in [3.8, 4) is 5.75 Å². The van der Waals surface area contributed by atoms with Crippen molar-refractivity contribution in [2.45, 2.75) is 18.9 Å². The number of rotatable bonds is 7. The van der Waals surface area contributed by atoms with E-state index in [9.17, 15) is 14.7 Å². The van der Waals surface area contributed by atoms with Crippen LogP contribution in [0.5, 0.6) is 5.75 Å². The zero-order valence-corrected chi connectivity index (χ0v) is 14.0. The van der Waals surface area contributed by atoms with Crippen LogP contribution in [0.2, 0.25) is 0 Å². The zero-order valence-electron chi connectivity index (χ0n) is 14.0. The molecule has 0 bridgehead atoms. The smallest absolute Gasteiger partial charge is 0.407 e. The Morgan fingerprint density at radius 1 is 1.04 bits per heavy atom. The fourth-order valence-electron chi connectivity index (χ4n) is 2.29. The Morgan fingerprint density at radius 2 is 1.72 bits per heavy atom. The summed E-state index contributed by atoms with van der Waals surface area (Å²) in [6.07, 6.45) is 0.153. The Morgan fingerprint density at radius 3 is 2.36 bits per heavy atom. The summed E-state index contributed by atoms with van der Waals surface area (Å²) in [6.45, 7) is 0.211. The molecule has 0 saturated carbocycles. The molecule has 2 N–H and O–H groups in total. The maximum absolute atomic E-state index is 11.9. The third-order valence-electron chi connectivity index (χ3n) is 3.62. The molecule has 0 heterocycles. The topological polar surface area (TPSA) is 84.9 Å². The first-order chi connectivity index (χ1) is 12.1. The average Bonchev–Trinajstić information content (AvgIpc) is 2.63. The number of hydrogen-bond donors (Lipinski definition) is 2. The van der Waals surface area contributed by atoms with E-state index in [1.807, 2.05) is 30.3 Å². The van der Waals surface area contributed by atoms with Gasteiger partial charge in [0, 0.05) is 12.8 Å². The standard InChI is InChI=1S/C19H21NO5/c1-24-18(22)17(13-15-7-9-16(21)10-8-15)20-19(23)25-12-11-14-5-3-2-4-6-14/h2-10,17,21H,11-13H2,1H3,(H,20,23). The van der Waals surface area contributed by atoms with Gasteiger partial charge in [-0.3, -0.25) is 0 Å². The van der Waals surface area contributed by atoms with E-state index >= 15 is 0 Å². The number of nitrogens with one attached hydrogen (secondary N) is 1. The van der Waals surface area contributed by atoms with Gasteiger partial charge in [0.15, 0.2) is 0 Å². The van der Waals surface area contributed by atoms with E-state index in [1.54, 1.807) is 12.1 Å². The van der Waals surface area contributed by atoms with Crippen LogP contribution in [0.3, 0.4) is 0 Å². The van der Waals surface area contributed by atoms with Crippen LogP contribution in [0, 0.1) is 0 Å². The molecule has 1 amide bonds.